The Morgan fingerprint density at radius 3 is 2.21 bits per heavy atom. The van der Waals surface area contributed by atoms with Gasteiger partial charge in [0.15, 0.2) is 23.2 Å². The van der Waals surface area contributed by atoms with Crippen LogP contribution in [0.1, 0.15) is 75.4 Å². The molecule has 53 heavy (non-hydrogen) atoms. The topological polar surface area (TPSA) is 288 Å². The highest BCUT2D eigenvalue weighted by atomic mass is 16.6. The number of carbonyl (C=O) groups is 5. The molecule has 0 aromatic heterocycles. The lowest BCUT2D eigenvalue weighted by Crippen LogP contribution is -2.73. The third-order valence-electron chi connectivity index (χ3n) is 10.5. The predicted octanol–water partition coefficient (Wildman–Crippen LogP) is -0.342. The van der Waals surface area contributed by atoms with Crippen LogP contribution in [0.25, 0.3) is 0 Å². The molecule has 8 atom stereocenters. The number of aliphatic hydroxyl groups is 3. The third kappa shape index (κ3) is 4.75. The molecule has 1 heterocycles. The molecule has 0 bridgehead atoms. The maximum atomic E-state index is 14.7. The number of nitro groups is 1. The van der Waals surface area contributed by atoms with E-state index in [0.717, 1.165) is 33.3 Å². The quantitative estimate of drug-likeness (QED) is 0.120. The van der Waals surface area contributed by atoms with Gasteiger partial charge in [-0.2, -0.15) is 0 Å². The lowest BCUT2D eigenvalue weighted by Gasteiger charge is -2.52. The Kier molecular flexibility index (Phi) is 9.05. The molecule has 19 nitrogen and oxygen atoms in total. The van der Waals surface area contributed by atoms with Gasteiger partial charge in [-0.05, 0) is 19.9 Å². The molecule has 19 heteroatoms. The van der Waals surface area contributed by atoms with Crippen LogP contribution >= 0.6 is 0 Å². The lowest BCUT2D eigenvalue weighted by atomic mass is 9.56. The van der Waals surface area contributed by atoms with Crippen LogP contribution in [-0.2, 0) is 35.7 Å². The highest BCUT2D eigenvalue weighted by Gasteiger charge is 2.73. The molecule has 0 radical (unpaired) electrons. The maximum absolute atomic E-state index is 14.7. The first-order valence-electron chi connectivity index (χ1n) is 15.9. The van der Waals surface area contributed by atoms with Crippen LogP contribution in [0.2, 0.25) is 0 Å². The average Bonchev–Trinajstić information content (AvgIpc) is 3.09. The average molecular weight is 743 g/mol. The second-order valence-electron chi connectivity index (χ2n) is 12.9. The summed E-state index contributed by atoms with van der Waals surface area (Å²) in [5.74, 6) is -8.90. The Bertz CT molecular complexity index is 2080. The number of hydrogen-bond acceptors (Lipinski definition) is 18. The number of benzene rings is 2. The fourth-order valence-corrected chi connectivity index (χ4v) is 8.14. The van der Waals surface area contributed by atoms with E-state index in [0.29, 0.717) is 0 Å². The fourth-order valence-electron chi connectivity index (χ4n) is 8.14. The molecule has 6 N–H and O–H groups in total. The molecular formula is C34H34N2O17. The van der Waals surface area contributed by atoms with Crippen LogP contribution in [-0.4, -0.2) is 130 Å². The number of fused-ring (bicyclic) bond motifs is 5. The van der Waals surface area contributed by atoms with Gasteiger partial charge in [-0.25, -0.2) is 4.79 Å². The van der Waals surface area contributed by atoms with Gasteiger partial charge in [0.2, 0.25) is 17.3 Å². The number of aliphatic hydroxyl groups excluding tert-OH is 2. The number of ether oxygens (including phenoxy) is 5. The van der Waals surface area contributed by atoms with Crippen molar-refractivity contribution >= 4 is 34.8 Å². The van der Waals surface area contributed by atoms with Crippen molar-refractivity contribution in [2.75, 3.05) is 28.4 Å². The summed E-state index contributed by atoms with van der Waals surface area (Å²) in [6.07, 6.45) is -7.61. The van der Waals surface area contributed by atoms with Crippen molar-refractivity contribution in [1.82, 2.24) is 5.32 Å². The molecule has 2 aromatic carbocycles. The zero-order chi connectivity index (χ0) is 39.2. The van der Waals surface area contributed by atoms with Crippen molar-refractivity contribution in [2.24, 2.45) is 0 Å². The van der Waals surface area contributed by atoms with E-state index in [4.69, 9.17) is 18.9 Å². The number of nitro benzene ring substituents is 1. The molecule has 1 aliphatic heterocycles. The first-order valence-corrected chi connectivity index (χ1v) is 15.9. The van der Waals surface area contributed by atoms with Gasteiger partial charge >= 0.3 is 5.97 Å². The van der Waals surface area contributed by atoms with Crippen LogP contribution in [0.4, 0.5) is 5.69 Å². The standard InChI is InChI=1S/C34H34N2O17/c1-10-18(32(45)51-5)25(41)21-14(22(10)36(47)48)8-17(38)34(52-6)30(44)20-13(29(43)33(21,34)46)7-12-19(24(20)40)16(37)9-15(23(12)39)35-31-28(50-4)26(42)27(49-3)11(2)53-31/h7,9,11,17,26-28,31,35,38,40-42,46H,8H2,1-6H3/t11-,17+,26+,27-,28+,31-,33-,34+/m0/s1. The minimum atomic E-state index is -3.56. The zero-order valence-corrected chi connectivity index (χ0v) is 28.9. The second-order valence-corrected chi connectivity index (χ2v) is 12.9. The summed E-state index contributed by atoms with van der Waals surface area (Å²) in [4.78, 5) is 80.9. The first-order chi connectivity index (χ1) is 24.9. The molecule has 1 fully saturated rings. The van der Waals surface area contributed by atoms with E-state index in [2.05, 4.69) is 10.1 Å². The number of phenols is 2. The van der Waals surface area contributed by atoms with Crippen LogP contribution in [0.3, 0.4) is 0 Å². The Morgan fingerprint density at radius 1 is 1.00 bits per heavy atom. The molecule has 2 aromatic rings. The number of esters is 1. The molecule has 6 rings (SSSR count). The number of carbonyl (C=O) groups excluding carboxylic acids is 5. The highest BCUT2D eigenvalue weighted by Crippen LogP contribution is 2.58. The Hall–Kier alpha value is -5.15. The fraction of sp³-hybridized carbons (Fsp3) is 0.441. The van der Waals surface area contributed by atoms with Crippen molar-refractivity contribution in [1.29, 1.82) is 0 Å². The molecule has 3 aliphatic carbocycles. The smallest absolute Gasteiger partial charge is 0.342 e. The number of rotatable bonds is 7. The number of nitrogens with zero attached hydrogens (tertiary/aromatic N) is 1. The molecule has 0 amide bonds. The molecule has 0 saturated carbocycles. The van der Waals surface area contributed by atoms with Crippen molar-refractivity contribution in [3.63, 3.8) is 0 Å². The lowest BCUT2D eigenvalue weighted by molar-refractivity contribution is -0.386. The molecule has 282 valence electrons. The first kappa shape index (κ1) is 37.6. The SMILES string of the molecule is COC(=O)c1c(C)c([N+](=O)[O-])c2c(c1O)[C@]1(O)C(=O)c3cc4c(c(O)c3C(=O)[C@]1(OC)[C@H](O)C2)C(=O)C=C(N[C@H]1O[C@@H](C)[C@H](OC)[C@@H](O)[C@H]1OC)C4=O. The number of hydrogen-bond donors (Lipinski definition) is 6. The summed E-state index contributed by atoms with van der Waals surface area (Å²) in [5.41, 5.74) is -14.2. The van der Waals surface area contributed by atoms with Gasteiger partial charge in [-0.15, -0.1) is 0 Å². The van der Waals surface area contributed by atoms with Crippen LogP contribution in [0, 0.1) is 17.0 Å². The van der Waals surface area contributed by atoms with Crippen molar-refractivity contribution < 1.29 is 78.1 Å². The molecule has 0 unspecified atom stereocenters. The van der Waals surface area contributed by atoms with E-state index in [1.807, 2.05) is 0 Å². The molecule has 1 saturated heterocycles. The van der Waals surface area contributed by atoms with Crippen molar-refractivity contribution in [3.05, 3.63) is 72.5 Å². The molecule has 4 aliphatic rings. The number of Topliss-reactive ketones (excluding diaryl/α,β-unsaturated/α-hetero) is 3. The van der Waals surface area contributed by atoms with Gasteiger partial charge in [0.25, 0.3) is 5.69 Å². The van der Waals surface area contributed by atoms with Crippen molar-refractivity contribution in [3.8, 4) is 11.5 Å². The van der Waals surface area contributed by atoms with E-state index in [1.54, 1.807) is 6.92 Å². The third-order valence-corrected chi connectivity index (χ3v) is 10.5. The van der Waals surface area contributed by atoms with E-state index in [1.165, 1.54) is 14.2 Å². The monoisotopic (exact) mass is 742 g/mol. The summed E-state index contributed by atoms with van der Waals surface area (Å²) in [6, 6.07) is 0.729. The molecular weight excluding hydrogens is 708 g/mol. The summed E-state index contributed by atoms with van der Waals surface area (Å²) in [7, 11) is 4.30. The second kappa shape index (κ2) is 12.8. The van der Waals surface area contributed by atoms with E-state index < -0.39 is 156 Å². The highest BCUT2D eigenvalue weighted by molar-refractivity contribution is 6.31. The van der Waals surface area contributed by atoms with Crippen molar-refractivity contribution in [2.45, 2.75) is 68.2 Å². The minimum Gasteiger partial charge on any atom is -0.507 e. The number of ketones is 4. The van der Waals surface area contributed by atoms with Gasteiger partial charge in [0, 0.05) is 61.6 Å². The summed E-state index contributed by atoms with van der Waals surface area (Å²) >= 11 is 0. The Labute approximate surface area is 298 Å². The Balaban J connectivity index is 1.56. The number of aromatic hydroxyl groups is 2. The van der Waals surface area contributed by atoms with Gasteiger partial charge in [-0.1, -0.05) is 0 Å². The van der Waals surface area contributed by atoms with Crippen LogP contribution in [0.15, 0.2) is 17.8 Å². The number of nitrogens with one attached hydrogen (secondary N) is 1. The largest absolute Gasteiger partial charge is 0.507 e. The summed E-state index contributed by atoms with van der Waals surface area (Å²) < 4.78 is 26.6. The van der Waals surface area contributed by atoms with E-state index in [-0.39, 0.29) is 0 Å². The maximum Gasteiger partial charge on any atom is 0.342 e. The van der Waals surface area contributed by atoms with Crippen LogP contribution in [0.5, 0.6) is 11.5 Å². The van der Waals surface area contributed by atoms with E-state index >= 15 is 0 Å². The minimum absolute atomic E-state index is 0.450. The summed E-state index contributed by atoms with van der Waals surface area (Å²) in [6.45, 7) is 2.66. The van der Waals surface area contributed by atoms with Gasteiger partial charge < -0.3 is 54.5 Å². The number of phenolic OH excluding ortho intramolecular Hbond substituents is 2. The van der Waals surface area contributed by atoms with Gasteiger partial charge in [-0.3, -0.25) is 29.3 Å². The zero-order valence-electron chi connectivity index (χ0n) is 28.9. The number of methoxy groups -OCH3 is 4. The van der Waals surface area contributed by atoms with Gasteiger partial charge in [0.05, 0.1) is 41.1 Å². The van der Waals surface area contributed by atoms with Crippen LogP contribution < -0.4 is 5.32 Å². The van der Waals surface area contributed by atoms with E-state index in [9.17, 15) is 59.6 Å². The number of allylic oxidation sites excluding steroid dienone is 2. The normalized spacial score (nSPS) is 30.5. The summed E-state index contributed by atoms with van der Waals surface area (Å²) in [5, 5.41) is 72.9. The Morgan fingerprint density at radius 2 is 1.64 bits per heavy atom. The predicted molar refractivity (Wildman–Crippen MR) is 173 cm³/mol. The molecule has 0 spiro atoms. The van der Waals surface area contributed by atoms with Gasteiger partial charge in [0.1, 0.15) is 35.4 Å².